The summed E-state index contributed by atoms with van der Waals surface area (Å²) in [6.07, 6.45) is 2.42. The highest BCUT2D eigenvalue weighted by molar-refractivity contribution is 6.02. The van der Waals surface area contributed by atoms with Gasteiger partial charge in [-0.15, -0.1) is 0 Å². The van der Waals surface area contributed by atoms with Crippen LogP contribution in [-0.4, -0.2) is 36.2 Å². The van der Waals surface area contributed by atoms with Crippen molar-refractivity contribution in [1.82, 2.24) is 5.32 Å². The standard InChI is InChI=1S/C10H19N3O3/c1-3-8(9(11)13-15)10(14)12-6-4-7(5-6)16-2/h6-8,15H,3-5H2,1-2H3,(H2,11,13)(H,12,14). The van der Waals surface area contributed by atoms with E-state index in [9.17, 15) is 4.79 Å². The first-order valence-electron chi connectivity index (χ1n) is 5.42. The van der Waals surface area contributed by atoms with Gasteiger partial charge in [0.05, 0.1) is 12.0 Å². The third-order valence-corrected chi connectivity index (χ3v) is 2.97. The average molecular weight is 229 g/mol. The Kier molecular flexibility index (Phi) is 4.54. The Morgan fingerprint density at radius 2 is 2.31 bits per heavy atom. The number of carbonyl (C=O) groups excluding carboxylic acids is 1. The number of nitrogens with two attached hydrogens (primary N) is 1. The molecule has 0 radical (unpaired) electrons. The van der Waals surface area contributed by atoms with Crippen LogP contribution in [0.3, 0.4) is 0 Å². The van der Waals surface area contributed by atoms with Crippen LogP contribution in [0.1, 0.15) is 26.2 Å². The number of methoxy groups -OCH3 is 1. The number of oxime groups is 1. The van der Waals surface area contributed by atoms with Crippen molar-refractivity contribution in [3.63, 3.8) is 0 Å². The second-order valence-electron chi connectivity index (χ2n) is 4.02. The summed E-state index contributed by atoms with van der Waals surface area (Å²) in [5.74, 6) is -0.772. The molecule has 0 bridgehead atoms. The van der Waals surface area contributed by atoms with Gasteiger partial charge in [0.1, 0.15) is 0 Å². The predicted molar refractivity (Wildman–Crippen MR) is 59.2 cm³/mol. The highest BCUT2D eigenvalue weighted by Gasteiger charge is 2.32. The number of carbonyl (C=O) groups is 1. The number of ether oxygens (including phenoxy) is 1. The number of nitrogens with one attached hydrogen (secondary N) is 1. The van der Waals surface area contributed by atoms with Gasteiger partial charge in [0, 0.05) is 13.2 Å². The van der Waals surface area contributed by atoms with Crippen LogP contribution in [0.4, 0.5) is 0 Å². The number of rotatable bonds is 5. The van der Waals surface area contributed by atoms with Gasteiger partial charge in [-0.1, -0.05) is 12.1 Å². The fourth-order valence-corrected chi connectivity index (χ4v) is 1.78. The molecule has 0 spiro atoms. The maximum atomic E-state index is 11.7. The van der Waals surface area contributed by atoms with E-state index in [1.165, 1.54) is 0 Å². The molecule has 6 heteroatoms. The summed E-state index contributed by atoms with van der Waals surface area (Å²) in [7, 11) is 1.66. The smallest absolute Gasteiger partial charge is 0.231 e. The van der Waals surface area contributed by atoms with Gasteiger partial charge < -0.3 is 21.0 Å². The Hall–Kier alpha value is -1.30. The molecule has 6 nitrogen and oxygen atoms in total. The van der Waals surface area contributed by atoms with Crippen LogP contribution in [0.5, 0.6) is 0 Å². The van der Waals surface area contributed by atoms with Gasteiger partial charge in [0.15, 0.2) is 5.84 Å². The van der Waals surface area contributed by atoms with E-state index in [2.05, 4.69) is 10.5 Å². The number of hydrogen-bond acceptors (Lipinski definition) is 4. The van der Waals surface area contributed by atoms with Crippen LogP contribution < -0.4 is 11.1 Å². The van der Waals surface area contributed by atoms with E-state index in [0.29, 0.717) is 6.42 Å². The third-order valence-electron chi connectivity index (χ3n) is 2.97. The number of nitrogens with zero attached hydrogens (tertiary/aromatic N) is 1. The number of amides is 1. The lowest BCUT2D eigenvalue weighted by Gasteiger charge is -2.35. The highest BCUT2D eigenvalue weighted by Crippen LogP contribution is 2.22. The summed E-state index contributed by atoms with van der Waals surface area (Å²) < 4.78 is 5.11. The molecule has 1 saturated carbocycles. The van der Waals surface area contributed by atoms with E-state index < -0.39 is 5.92 Å². The Morgan fingerprint density at radius 3 is 2.75 bits per heavy atom. The monoisotopic (exact) mass is 229 g/mol. The fraction of sp³-hybridized carbons (Fsp3) is 0.800. The van der Waals surface area contributed by atoms with E-state index >= 15 is 0 Å². The predicted octanol–water partition coefficient (Wildman–Crippen LogP) is 0.0526. The number of hydrogen-bond donors (Lipinski definition) is 3. The maximum absolute atomic E-state index is 11.7. The summed E-state index contributed by atoms with van der Waals surface area (Å²) in [5.41, 5.74) is 5.43. The second kappa shape index (κ2) is 5.69. The molecule has 1 aliphatic rings. The molecular weight excluding hydrogens is 210 g/mol. The van der Waals surface area contributed by atoms with E-state index in [1.807, 2.05) is 6.92 Å². The molecule has 0 aromatic heterocycles. The molecule has 1 atom stereocenters. The zero-order valence-electron chi connectivity index (χ0n) is 9.64. The van der Waals surface area contributed by atoms with Crippen molar-refractivity contribution in [3.05, 3.63) is 0 Å². The molecule has 0 aliphatic heterocycles. The second-order valence-corrected chi connectivity index (χ2v) is 4.02. The van der Waals surface area contributed by atoms with Crippen LogP contribution >= 0.6 is 0 Å². The summed E-state index contributed by atoms with van der Waals surface area (Å²) in [4.78, 5) is 11.7. The molecule has 1 unspecified atom stereocenters. The lowest BCUT2D eigenvalue weighted by molar-refractivity contribution is -0.125. The molecular formula is C10H19N3O3. The summed E-state index contributed by atoms with van der Waals surface area (Å²) in [5, 5.41) is 14.3. The molecule has 0 saturated heterocycles. The number of amidine groups is 1. The summed E-state index contributed by atoms with van der Waals surface area (Å²) in [6, 6.07) is 0.151. The average Bonchev–Trinajstić information content (AvgIpc) is 2.23. The quantitative estimate of drug-likeness (QED) is 0.268. The minimum absolute atomic E-state index is 0.0392. The van der Waals surface area contributed by atoms with E-state index in [0.717, 1.165) is 12.8 Å². The molecule has 0 aromatic rings. The first-order valence-corrected chi connectivity index (χ1v) is 5.42. The van der Waals surface area contributed by atoms with Crippen molar-refractivity contribution in [1.29, 1.82) is 0 Å². The zero-order chi connectivity index (χ0) is 12.1. The van der Waals surface area contributed by atoms with E-state index in [1.54, 1.807) is 7.11 Å². The zero-order valence-corrected chi connectivity index (χ0v) is 9.64. The largest absolute Gasteiger partial charge is 0.409 e. The Morgan fingerprint density at radius 1 is 1.69 bits per heavy atom. The van der Waals surface area contributed by atoms with Gasteiger partial charge in [0.2, 0.25) is 5.91 Å². The minimum Gasteiger partial charge on any atom is -0.409 e. The van der Waals surface area contributed by atoms with Crippen LogP contribution in [0, 0.1) is 5.92 Å². The topological polar surface area (TPSA) is 96.9 Å². The van der Waals surface area contributed by atoms with Gasteiger partial charge in [-0.25, -0.2) is 0 Å². The van der Waals surface area contributed by atoms with Gasteiger partial charge in [0.25, 0.3) is 0 Å². The third kappa shape index (κ3) is 2.85. The Labute approximate surface area is 94.8 Å². The molecule has 92 valence electrons. The Balaban J connectivity index is 2.40. The minimum atomic E-state index is -0.549. The lowest BCUT2D eigenvalue weighted by Crippen LogP contribution is -2.50. The van der Waals surface area contributed by atoms with Crippen molar-refractivity contribution < 1.29 is 14.7 Å². The highest BCUT2D eigenvalue weighted by atomic mass is 16.5. The first kappa shape index (κ1) is 12.8. The van der Waals surface area contributed by atoms with Crippen LogP contribution in [0.25, 0.3) is 0 Å². The SMILES string of the molecule is CCC(C(=O)NC1CC(OC)C1)C(N)=NO. The first-order chi connectivity index (χ1) is 7.62. The van der Waals surface area contributed by atoms with Crippen LogP contribution in [0.2, 0.25) is 0 Å². The fourth-order valence-electron chi connectivity index (χ4n) is 1.78. The van der Waals surface area contributed by atoms with Crippen molar-refractivity contribution in [2.75, 3.05) is 7.11 Å². The van der Waals surface area contributed by atoms with Crippen molar-refractivity contribution in [2.24, 2.45) is 16.8 Å². The van der Waals surface area contributed by atoms with Gasteiger partial charge in [-0.05, 0) is 19.3 Å². The van der Waals surface area contributed by atoms with E-state index in [-0.39, 0.29) is 23.9 Å². The summed E-state index contributed by atoms with van der Waals surface area (Å²) >= 11 is 0. The van der Waals surface area contributed by atoms with Gasteiger partial charge >= 0.3 is 0 Å². The van der Waals surface area contributed by atoms with Gasteiger partial charge in [-0.2, -0.15) is 0 Å². The molecule has 0 heterocycles. The van der Waals surface area contributed by atoms with Crippen LogP contribution in [-0.2, 0) is 9.53 Å². The Bertz CT molecular complexity index is 274. The normalized spacial score (nSPS) is 27.0. The lowest BCUT2D eigenvalue weighted by atomic mass is 9.88. The molecule has 1 rings (SSSR count). The van der Waals surface area contributed by atoms with Gasteiger partial charge in [-0.3, -0.25) is 4.79 Å². The van der Waals surface area contributed by atoms with Crippen LogP contribution in [0.15, 0.2) is 5.16 Å². The molecule has 4 N–H and O–H groups in total. The molecule has 0 aromatic carbocycles. The van der Waals surface area contributed by atoms with E-state index in [4.69, 9.17) is 15.7 Å². The van der Waals surface area contributed by atoms with Crippen molar-refractivity contribution in [2.45, 2.75) is 38.3 Å². The maximum Gasteiger partial charge on any atom is 0.231 e. The molecule has 1 fully saturated rings. The molecule has 16 heavy (non-hydrogen) atoms. The van der Waals surface area contributed by atoms with Crippen molar-refractivity contribution in [3.8, 4) is 0 Å². The molecule has 1 aliphatic carbocycles. The van der Waals surface area contributed by atoms with Crippen molar-refractivity contribution >= 4 is 11.7 Å². The molecule has 1 amide bonds. The summed E-state index contributed by atoms with van der Waals surface area (Å²) in [6.45, 7) is 1.82.